The fraction of sp³-hybridized carbons (Fsp3) is 0.708. The lowest BCUT2D eigenvalue weighted by Gasteiger charge is -2.41. The second-order valence-corrected chi connectivity index (χ2v) is 15.0. The Morgan fingerprint density at radius 1 is 1.19 bits per heavy atom. The monoisotopic (exact) mass is 468 g/mol. The van der Waals surface area contributed by atoms with Crippen LogP contribution in [-0.2, 0) is 15.8 Å². The van der Waals surface area contributed by atoms with Crippen LogP contribution in [0.2, 0.25) is 18.1 Å². The van der Waals surface area contributed by atoms with Gasteiger partial charge in [0.1, 0.15) is 5.75 Å². The summed E-state index contributed by atoms with van der Waals surface area (Å²) in [5.74, 6) is 0.982. The number of hydrogen-bond donors (Lipinski definition) is 2. The van der Waals surface area contributed by atoms with Gasteiger partial charge in [-0.05, 0) is 48.7 Å². The molecule has 3 unspecified atom stereocenters. The first-order valence-corrected chi connectivity index (χ1v) is 14.2. The van der Waals surface area contributed by atoms with Gasteiger partial charge in [0.05, 0.1) is 26.4 Å². The Morgan fingerprint density at radius 2 is 1.78 bits per heavy atom. The molecule has 184 valence electrons. The molecule has 0 spiro atoms. The van der Waals surface area contributed by atoms with Crippen molar-refractivity contribution in [2.24, 2.45) is 5.92 Å². The molecule has 0 aromatic heterocycles. The van der Waals surface area contributed by atoms with Crippen molar-refractivity contribution >= 4 is 14.4 Å². The van der Waals surface area contributed by atoms with E-state index in [0.29, 0.717) is 19.8 Å². The van der Waals surface area contributed by atoms with Crippen molar-refractivity contribution in [3.05, 3.63) is 29.8 Å². The summed E-state index contributed by atoms with van der Waals surface area (Å²) in [6, 6.07) is 8.03. The minimum atomic E-state index is -2.03. The lowest BCUT2D eigenvalue weighted by atomic mass is 10.0. The Kier molecular flexibility index (Phi) is 11.2. The zero-order valence-corrected chi connectivity index (χ0v) is 22.4. The van der Waals surface area contributed by atoms with Crippen LogP contribution in [0.1, 0.15) is 40.2 Å². The third kappa shape index (κ3) is 9.48. The van der Waals surface area contributed by atoms with Gasteiger partial charge in [-0.2, -0.15) is 0 Å². The number of carbonyl (C=O) groups is 1. The zero-order chi connectivity index (χ0) is 24.5. The van der Waals surface area contributed by atoms with Gasteiger partial charge in [-0.25, -0.2) is 4.79 Å². The minimum absolute atomic E-state index is 0.0583. The first-order chi connectivity index (χ1) is 14.8. The van der Waals surface area contributed by atoms with Crippen molar-refractivity contribution < 1.29 is 23.8 Å². The maximum Gasteiger partial charge on any atom is 0.407 e. The molecular formula is C24H44N2O5Si. The molecule has 0 aliphatic heterocycles. The fourth-order valence-electron chi connectivity index (χ4n) is 2.89. The highest BCUT2D eigenvalue weighted by molar-refractivity contribution is 6.74. The number of hydrogen-bond acceptors (Lipinski definition) is 5. The van der Waals surface area contributed by atoms with Crippen molar-refractivity contribution in [1.82, 2.24) is 10.2 Å². The highest BCUT2D eigenvalue weighted by Crippen LogP contribution is 2.38. The Morgan fingerprint density at radius 3 is 2.28 bits per heavy atom. The van der Waals surface area contributed by atoms with Gasteiger partial charge in [-0.3, -0.25) is 0 Å². The number of rotatable bonds is 13. The van der Waals surface area contributed by atoms with Crippen LogP contribution < -0.4 is 10.1 Å². The summed E-state index contributed by atoms with van der Waals surface area (Å²) in [5.41, 5.74) is 1.10. The number of carboxylic acid groups (broad SMARTS) is 1. The summed E-state index contributed by atoms with van der Waals surface area (Å²) in [4.78, 5) is 12.7. The van der Waals surface area contributed by atoms with Crippen molar-refractivity contribution in [1.29, 1.82) is 0 Å². The third-order valence-corrected chi connectivity index (χ3v) is 10.8. The van der Waals surface area contributed by atoms with Crippen LogP contribution in [0.3, 0.4) is 0 Å². The molecule has 1 aromatic rings. The van der Waals surface area contributed by atoms with Gasteiger partial charge < -0.3 is 29.2 Å². The SMILES string of the molecule is COc1ccc(COCC(C)NCC(C)C(CN(C)C(=O)O)O[Si](C)(C)C(C)(C)C)cc1. The standard InChI is InChI=1S/C24H44N2O5Si/c1-18(22(15-26(6)23(27)28)31-32(8,9)24(3,4)5)14-25-19(2)16-30-17-20-10-12-21(29-7)13-11-20/h10-13,18-19,22,25H,14-17H2,1-9H3,(H,27,28). The molecule has 0 aliphatic carbocycles. The molecule has 0 bridgehead atoms. The van der Waals surface area contributed by atoms with Gasteiger partial charge in [-0.15, -0.1) is 0 Å². The molecule has 0 saturated carbocycles. The molecule has 8 heteroatoms. The highest BCUT2D eigenvalue weighted by atomic mass is 28.4. The summed E-state index contributed by atoms with van der Waals surface area (Å²) in [6.45, 7) is 17.4. The molecule has 2 N–H and O–H groups in total. The van der Waals surface area contributed by atoms with Gasteiger partial charge in [0.25, 0.3) is 0 Å². The van der Waals surface area contributed by atoms with E-state index in [2.05, 4.69) is 53.0 Å². The van der Waals surface area contributed by atoms with Crippen LogP contribution in [-0.4, -0.2) is 70.4 Å². The first-order valence-electron chi connectivity index (χ1n) is 11.3. The topological polar surface area (TPSA) is 80.3 Å². The second-order valence-electron chi connectivity index (χ2n) is 10.2. The number of benzene rings is 1. The van der Waals surface area contributed by atoms with E-state index >= 15 is 0 Å². The summed E-state index contributed by atoms with van der Waals surface area (Å²) in [5, 5.41) is 12.9. The molecule has 0 aliphatic rings. The van der Waals surface area contributed by atoms with Crippen LogP contribution in [0.15, 0.2) is 24.3 Å². The molecule has 0 fully saturated rings. The molecule has 32 heavy (non-hydrogen) atoms. The fourth-order valence-corrected chi connectivity index (χ4v) is 4.31. The van der Waals surface area contributed by atoms with E-state index in [1.165, 1.54) is 4.90 Å². The van der Waals surface area contributed by atoms with E-state index in [0.717, 1.165) is 17.9 Å². The normalized spacial score (nSPS) is 15.2. The molecule has 7 nitrogen and oxygen atoms in total. The average molecular weight is 469 g/mol. The van der Waals surface area contributed by atoms with Crippen LogP contribution in [0, 0.1) is 5.92 Å². The maximum atomic E-state index is 11.4. The summed E-state index contributed by atoms with van der Waals surface area (Å²) in [7, 11) is 1.22. The molecular weight excluding hydrogens is 424 g/mol. The highest BCUT2D eigenvalue weighted by Gasteiger charge is 2.40. The summed E-state index contributed by atoms with van der Waals surface area (Å²) < 4.78 is 17.7. The molecule has 1 aromatic carbocycles. The van der Waals surface area contributed by atoms with E-state index in [1.807, 2.05) is 24.3 Å². The van der Waals surface area contributed by atoms with Crippen LogP contribution in [0.25, 0.3) is 0 Å². The largest absolute Gasteiger partial charge is 0.497 e. The predicted molar refractivity (Wildman–Crippen MR) is 132 cm³/mol. The quantitative estimate of drug-likeness (QED) is 0.404. The van der Waals surface area contributed by atoms with Crippen LogP contribution in [0.4, 0.5) is 4.79 Å². The molecule has 0 heterocycles. The van der Waals surface area contributed by atoms with Crippen molar-refractivity contribution in [2.75, 3.05) is 33.9 Å². The van der Waals surface area contributed by atoms with Gasteiger partial charge >= 0.3 is 6.09 Å². The number of likely N-dealkylation sites (N-methyl/N-ethyl adjacent to an activating group) is 1. The minimum Gasteiger partial charge on any atom is -0.497 e. The smallest absolute Gasteiger partial charge is 0.407 e. The number of nitrogens with zero attached hydrogens (tertiary/aromatic N) is 1. The van der Waals surface area contributed by atoms with E-state index in [1.54, 1.807) is 14.2 Å². The zero-order valence-electron chi connectivity index (χ0n) is 21.4. The average Bonchev–Trinajstić information content (AvgIpc) is 2.70. The molecule has 1 rings (SSSR count). The van der Waals surface area contributed by atoms with Gasteiger partial charge in [0.2, 0.25) is 0 Å². The predicted octanol–water partition coefficient (Wildman–Crippen LogP) is 4.83. The van der Waals surface area contributed by atoms with E-state index in [9.17, 15) is 9.90 Å². The Bertz CT molecular complexity index is 691. The maximum absolute atomic E-state index is 11.4. The van der Waals surface area contributed by atoms with Crippen molar-refractivity contribution in [2.45, 2.75) is 71.5 Å². The summed E-state index contributed by atoms with van der Waals surface area (Å²) in [6.07, 6.45) is -1.11. The first kappa shape index (κ1) is 28.4. The molecule has 1 amide bonds. The number of nitrogens with one attached hydrogen (secondary N) is 1. The third-order valence-electron chi connectivity index (χ3n) is 6.25. The van der Waals surface area contributed by atoms with Crippen LogP contribution >= 0.6 is 0 Å². The van der Waals surface area contributed by atoms with Crippen molar-refractivity contribution in [3.63, 3.8) is 0 Å². The molecule has 0 radical (unpaired) electrons. The van der Waals surface area contributed by atoms with Gasteiger partial charge in [0.15, 0.2) is 8.32 Å². The Labute approximate surface area is 195 Å². The second kappa shape index (κ2) is 12.6. The van der Waals surface area contributed by atoms with E-state index in [-0.39, 0.29) is 23.1 Å². The van der Waals surface area contributed by atoms with Gasteiger partial charge in [-0.1, -0.05) is 39.8 Å². The lowest BCUT2D eigenvalue weighted by Crippen LogP contribution is -2.51. The van der Waals surface area contributed by atoms with E-state index in [4.69, 9.17) is 13.9 Å². The Hall–Kier alpha value is -1.61. The molecule has 0 saturated heterocycles. The number of methoxy groups -OCH3 is 1. The van der Waals surface area contributed by atoms with Crippen LogP contribution in [0.5, 0.6) is 5.75 Å². The van der Waals surface area contributed by atoms with Crippen molar-refractivity contribution in [3.8, 4) is 5.75 Å². The molecule has 3 atom stereocenters. The van der Waals surface area contributed by atoms with Gasteiger partial charge in [0, 0.05) is 26.2 Å². The number of ether oxygens (including phenoxy) is 2. The number of amides is 1. The lowest BCUT2D eigenvalue weighted by molar-refractivity contribution is 0.0743. The Balaban J connectivity index is 2.59. The summed E-state index contributed by atoms with van der Waals surface area (Å²) >= 11 is 0. The van der Waals surface area contributed by atoms with E-state index < -0.39 is 14.4 Å².